The summed E-state index contributed by atoms with van der Waals surface area (Å²) < 4.78 is 64.6. The lowest BCUT2D eigenvalue weighted by Crippen LogP contribution is -2.42. The molecule has 0 radical (unpaired) electrons. The fraction of sp³-hybridized carbons (Fsp3) is 0.333. The van der Waals surface area contributed by atoms with Crippen LogP contribution in [0.3, 0.4) is 0 Å². The Kier molecular flexibility index (Phi) is 14.5. The van der Waals surface area contributed by atoms with Crippen molar-refractivity contribution in [2.45, 2.75) is 64.0 Å². The highest BCUT2D eigenvalue weighted by Crippen LogP contribution is 2.30. The number of amides is 2. The fourth-order valence-corrected chi connectivity index (χ4v) is 6.26. The van der Waals surface area contributed by atoms with E-state index < -0.39 is 30.8 Å². The molecule has 4 heterocycles. The number of nitrogens with one attached hydrogen (secondary N) is 3. The van der Waals surface area contributed by atoms with Gasteiger partial charge in [-0.3, -0.25) is 23.7 Å². The van der Waals surface area contributed by atoms with Crippen LogP contribution >= 0.6 is 23.2 Å². The van der Waals surface area contributed by atoms with E-state index >= 15 is 0 Å². The Hall–Kier alpha value is -5.89. The minimum Gasteiger partial charge on any atom is -0.374 e. The molecule has 1 aliphatic rings. The van der Waals surface area contributed by atoms with E-state index in [9.17, 15) is 41.1 Å². The minimum atomic E-state index is -4.83. The number of hydrogen-bond acceptors (Lipinski definition) is 10. The summed E-state index contributed by atoms with van der Waals surface area (Å²) >= 11 is 12.3. The van der Waals surface area contributed by atoms with Gasteiger partial charge in [0.05, 0.1) is 29.9 Å². The van der Waals surface area contributed by atoms with E-state index in [-0.39, 0.29) is 41.3 Å². The summed E-state index contributed by atoms with van der Waals surface area (Å²) in [7, 11) is 0. The topological polar surface area (TPSA) is 180 Å². The number of anilines is 1. The molecule has 0 saturated carbocycles. The normalized spacial score (nSPS) is 16.1. The molecule has 3 N–H and O–H groups in total. The summed E-state index contributed by atoms with van der Waals surface area (Å²) in [5, 5.41) is 21.0. The zero-order valence-corrected chi connectivity index (χ0v) is 31.9. The first-order valence-corrected chi connectivity index (χ1v) is 18.3. The number of fused-ring (bicyclic) bond motifs is 2. The molecule has 0 aliphatic carbocycles. The van der Waals surface area contributed by atoms with Gasteiger partial charge < -0.3 is 20.7 Å². The van der Waals surface area contributed by atoms with Crippen LogP contribution in [0.5, 0.6) is 0 Å². The van der Waals surface area contributed by atoms with Gasteiger partial charge in [0.1, 0.15) is 11.7 Å². The van der Waals surface area contributed by atoms with Crippen molar-refractivity contribution in [1.82, 2.24) is 45.0 Å². The van der Waals surface area contributed by atoms with Crippen molar-refractivity contribution >= 4 is 46.7 Å². The number of carbonyl (C=O) groups is 3. The first-order chi connectivity index (χ1) is 27.6. The smallest absolute Gasteiger partial charge is 0.374 e. The molecule has 5 aromatic rings. The van der Waals surface area contributed by atoms with E-state index in [2.05, 4.69) is 41.1 Å². The van der Waals surface area contributed by atoms with E-state index in [0.717, 1.165) is 31.0 Å². The second-order valence-electron chi connectivity index (χ2n) is 12.7. The van der Waals surface area contributed by atoms with Crippen molar-refractivity contribution in [2.75, 3.05) is 18.4 Å². The lowest BCUT2D eigenvalue weighted by molar-refractivity contribution is -0.304. The SMILES string of the molecule is CC(=O)OC(F)(F)F.O=C(NCC[C@H]1Nc2cccc(c2)[C@@H](n2cnc(-c3cc(Cl)ccc3-n3cc(Cl)nn3)cc2=O)CCCCCNC1=O)c1ccn(C(F)F)n1. The molecule has 0 saturated heterocycles. The average Bonchev–Trinajstić information content (AvgIpc) is 3.83. The summed E-state index contributed by atoms with van der Waals surface area (Å²) in [4.78, 5) is 53.6. The Balaban J connectivity index is 0.000000725. The number of ether oxygens (including phenoxy) is 1. The molecule has 1 aliphatic heterocycles. The van der Waals surface area contributed by atoms with Crippen molar-refractivity contribution < 1.29 is 41.1 Å². The highest BCUT2D eigenvalue weighted by atomic mass is 35.5. The summed E-state index contributed by atoms with van der Waals surface area (Å²) in [6, 6.07) is 14.2. The summed E-state index contributed by atoms with van der Waals surface area (Å²) in [6.45, 7) is -1.64. The number of halogens is 7. The number of esters is 1. The molecule has 2 atom stereocenters. The molecule has 2 amide bonds. The molecule has 0 spiro atoms. The third-order valence-corrected chi connectivity index (χ3v) is 8.93. The van der Waals surface area contributed by atoms with Crippen molar-refractivity contribution in [3.05, 3.63) is 105 Å². The summed E-state index contributed by atoms with van der Waals surface area (Å²) in [5.41, 5.74) is 2.63. The molecule has 6 rings (SSSR count). The van der Waals surface area contributed by atoms with Crippen molar-refractivity contribution in [2.24, 2.45) is 0 Å². The lowest BCUT2D eigenvalue weighted by atomic mass is 9.99. The van der Waals surface area contributed by atoms with Gasteiger partial charge in [0.2, 0.25) is 5.91 Å². The number of rotatable bonds is 8. The first kappa shape index (κ1) is 43.2. The predicted octanol–water partition coefficient (Wildman–Crippen LogP) is 6.34. The Labute approximate surface area is 336 Å². The van der Waals surface area contributed by atoms with E-state index in [1.54, 1.807) is 29.0 Å². The molecule has 3 aromatic heterocycles. The monoisotopic (exact) mass is 852 g/mol. The fourth-order valence-electron chi connectivity index (χ4n) is 5.96. The quantitative estimate of drug-likeness (QED) is 0.118. The van der Waals surface area contributed by atoms with Crippen LogP contribution in [0.1, 0.15) is 67.7 Å². The van der Waals surface area contributed by atoms with Gasteiger partial charge in [-0.1, -0.05) is 53.4 Å². The number of benzene rings is 2. The van der Waals surface area contributed by atoms with Crippen LogP contribution in [0, 0.1) is 0 Å². The van der Waals surface area contributed by atoms with Crippen LogP contribution < -0.4 is 21.5 Å². The number of nitrogens with zero attached hydrogens (tertiary/aromatic N) is 7. The largest absolute Gasteiger partial charge is 0.575 e. The van der Waals surface area contributed by atoms with Crippen molar-refractivity contribution in [3.63, 3.8) is 0 Å². The molecule has 308 valence electrons. The van der Waals surface area contributed by atoms with Crippen LogP contribution in [-0.2, 0) is 14.3 Å². The third kappa shape index (κ3) is 12.1. The van der Waals surface area contributed by atoms with Gasteiger partial charge in [-0.2, -0.15) is 13.9 Å². The Morgan fingerprint density at radius 1 is 1.05 bits per heavy atom. The van der Waals surface area contributed by atoms with E-state index in [1.807, 2.05) is 24.3 Å². The molecule has 22 heteroatoms. The average molecular weight is 854 g/mol. The molecule has 0 unspecified atom stereocenters. The zero-order chi connectivity index (χ0) is 42.0. The van der Waals surface area contributed by atoms with E-state index in [0.29, 0.717) is 52.2 Å². The molecule has 2 bridgehead atoms. The van der Waals surface area contributed by atoms with Crippen LogP contribution in [0.2, 0.25) is 10.2 Å². The van der Waals surface area contributed by atoms with Gasteiger partial charge in [-0.15, -0.1) is 18.3 Å². The number of aromatic nitrogens is 7. The maximum absolute atomic E-state index is 13.8. The summed E-state index contributed by atoms with van der Waals surface area (Å²) in [6.07, 6.45) is 2.44. The van der Waals surface area contributed by atoms with Gasteiger partial charge in [-0.25, -0.2) is 14.3 Å². The van der Waals surface area contributed by atoms with Crippen LogP contribution in [0.25, 0.3) is 16.9 Å². The molecule has 15 nitrogen and oxygen atoms in total. The lowest BCUT2D eigenvalue weighted by Gasteiger charge is -2.22. The van der Waals surface area contributed by atoms with Crippen LogP contribution in [0.15, 0.2) is 78.1 Å². The highest BCUT2D eigenvalue weighted by Gasteiger charge is 2.32. The first-order valence-electron chi connectivity index (χ1n) is 17.6. The minimum absolute atomic E-state index is 0.0828. The molecular weight excluding hydrogens is 818 g/mol. The third-order valence-electron chi connectivity index (χ3n) is 8.52. The van der Waals surface area contributed by atoms with Crippen molar-refractivity contribution in [3.8, 4) is 16.9 Å². The second-order valence-corrected chi connectivity index (χ2v) is 13.5. The highest BCUT2D eigenvalue weighted by molar-refractivity contribution is 6.31. The van der Waals surface area contributed by atoms with Gasteiger partial charge in [0.15, 0.2) is 5.15 Å². The van der Waals surface area contributed by atoms with Crippen molar-refractivity contribution in [1.29, 1.82) is 0 Å². The zero-order valence-electron chi connectivity index (χ0n) is 30.4. The summed E-state index contributed by atoms with van der Waals surface area (Å²) in [5.74, 6) is -2.22. The second kappa shape index (κ2) is 19.5. The van der Waals surface area contributed by atoms with Gasteiger partial charge in [-0.05, 0) is 61.2 Å². The van der Waals surface area contributed by atoms with Crippen LogP contribution in [0.4, 0.5) is 27.6 Å². The maximum atomic E-state index is 13.8. The number of alkyl halides is 5. The Morgan fingerprint density at radius 3 is 2.50 bits per heavy atom. The Bertz CT molecular complexity index is 2280. The van der Waals surface area contributed by atoms with Gasteiger partial charge >= 0.3 is 18.9 Å². The number of hydrogen-bond donors (Lipinski definition) is 3. The predicted molar refractivity (Wildman–Crippen MR) is 201 cm³/mol. The van der Waals surface area contributed by atoms with E-state index in [4.69, 9.17) is 23.2 Å². The van der Waals surface area contributed by atoms with Crippen LogP contribution in [-0.4, -0.2) is 77.6 Å². The van der Waals surface area contributed by atoms with E-state index in [1.165, 1.54) is 23.1 Å². The molecule has 2 aromatic carbocycles. The maximum Gasteiger partial charge on any atom is 0.575 e. The standard InChI is InChI=1S/C33H32Cl2F2N10O3.C3H3F3O2/c34-21-8-9-28(47-18-29(35)42-44-47)23(16-21)26-17-30(48)45(19-40-26)27-7-2-1-3-12-38-31(49)24(41-22-6-4-5-20(27)15-22)10-13-39-32(50)25-11-14-46(43-25)33(36)37;1-2(7)8-3(4,5)6/h4-6,8-9,11,14-19,24,27,33,41H,1-3,7,10,12-13H2,(H,38,49)(H,39,50);1H3/t24-,27+;/m1./s1. The number of carbonyl (C=O) groups excluding carboxylic acids is 3. The molecule has 58 heavy (non-hydrogen) atoms. The molecule has 0 fully saturated rings. The Morgan fingerprint density at radius 2 is 1.84 bits per heavy atom. The molecular formula is C36H35Cl2F5N10O5. The van der Waals surface area contributed by atoms with Gasteiger partial charge in [0, 0.05) is 48.5 Å². The van der Waals surface area contributed by atoms with Gasteiger partial charge in [0.25, 0.3) is 11.5 Å².